The summed E-state index contributed by atoms with van der Waals surface area (Å²) in [4.78, 5) is 14.6. The Morgan fingerprint density at radius 1 is 1.50 bits per heavy atom. The van der Waals surface area contributed by atoms with Crippen molar-refractivity contribution in [3.8, 4) is 0 Å². The molecule has 0 aromatic carbocycles. The summed E-state index contributed by atoms with van der Waals surface area (Å²) in [5.41, 5.74) is -0.465. The van der Waals surface area contributed by atoms with E-state index in [4.69, 9.17) is 9.47 Å². The van der Waals surface area contributed by atoms with Crippen molar-refractivity contribution in [1.82, 2.24) is 4.90 Å². The predicted octanol–water partition coefficient (Wildman–Crippen LogP) is 0.718. The number of nitrogens with zero attached hydrogens (tertiary/aromatic N) is 1. The molecule has 0 aliphatic carbocycles. The van der Waals surface area contributed by atoms with Crippen molar-refractivity contribution >= 4 is 5.97 Å². The quantitative estimate of drug-likeness (QED) is 0.567. The van der Waals surface area contributed by atoms with Gasteiger partial charge in [0.1, 0.15) is 6.61 Å². The molecule has 5 nitrogen and oxygen atoms in total. The molecule has 0 amide bonds. The Kier molecular flexibility index (Phi) is 3.39. The molecule has 0 bridgehead atoms. The normalized spacial score (nSPS) is 41.8. The molecule has 1 N–H and O–H groups in total. The van der Waals surface area contributed by atoms with Crippen LogP contribution in [0.3, 0.4) is 0 Å². The maximum absolute atomic E-state index is 12.3. The Labute approximate surface area is 119 Å². The minimum atomic E-state index is -1.58. The van der Waals surface area contributed by atoms with Gasteiger partial charge in [-0.05, 0) is 24.8 Å². The number of aliphatic hydroxyl groups is 1. The van der Waals surface area contributed by atoms with Crippen LogP contribution in [-0.2, 0) is 14.3 Å². The van der Waals surface area contributed by atoms with Crippen molar-refractivity contribution in [2.24, 2.45) is 5.92 Å². The van der Waals surface area contributed by atoms with Gasteiger partial charge in [-0.15, -0.1) is 0 Å². The first-order valence-corrected chi connectivity index (χ1v) is 7.42. The van der Waals surface area contributed by atoms with Crippen LogP contribution in [0.1, 0.15) is 27.2 Å². The summed E-state index contributed by atoms with van der Waals surface area (Å²) in [6, 6.07) is 0.208. The lowest BCUT2D eigenvalue weighted by Crippen LogP contribution is -2.55. The lowest BCUT2D eigenvalue weighted by Gasteiger charge is -2.35. The first-order valence-electron chi connectivity index (χ1n) is 7.42. The number of cyclic esters (lactones) is 1. The Bertz CT molecular complexity index is 447. The second kappa shape index (κ2) is 4.83. The molecule has 20 heavy (non-hydrogen) atoms. The van der Waals surface area contributed by atoms with E-state index < -0.39 is 17.7 Å². The zero-order valence-corrected chi connectivity index (χ0v) is 12.3. The Morgan fingerprint density at radius 2 is 2.25 bits per heavy atom. The van der Waals surface area contributed by atoms with E-state index in [2.05, 4.69) is 11.0 Å². The molecule has 3 heterocycles. The van der Waals surface area contributed by atoms with E-state index >= 15 is 0 Å². The second-order valence-electron chi connectivity index (χ2n) is 6.38. The topological polar surface area (TPSA) is 59.0 Å². The molecule has 2 fully saturated rings. The molecule has 0 spiro atoms. The fourth-order valence-corrected chi connectivity index (χ4v) is 3.65. The summed E-state index contributed by atoms with van der Waals surface area (Å²) in [6.45, 7) is 7.58. The highest BCUT2D eigenvalue weighted by molar-refractivity contribution is 5.80. The smallest absolute Gasteiger partial charge is 0.341 e. The third-order valence-electron chi connectivity index (χ3n) is 4.99. The van der Waals surface area contributed by atoms with E-state index in [0.717, 1.165) is 25.1 Å². The van der Waals surface area contributed by atoms with E-state index in [1.165, 1.54) is 0 Å². The van der Waals surface area contributed by atoms with Gasteiger partial charge in [-0.3, -0.25) is 4.90 Å². The third kappa shape index (κ3) is 1.91. The molecule has 0 aromatic rings. The van der Waals surface area contributed by atoms with Crippen LogP contribution < -0.4 is 0 Å². The summed E-state index contributed by atoms with van der Waals surface area (Å²) in [5.74, 6) is -0.825. The molecule has 3 aliphatic rings. The number of carbonyl (C=O) groups excluding carboxylic acids is 1. The Morgan fingerprint density at radius 3 is 2.95 bits per heavy atom. The summed E-state index contributed by atoms with van der Waals surface area (Å²) in [7, 11) is 0. The second-order valence-corrected chi connectivity index (χ2v) is 6.38. The van der Waals surface area contributed by atoms with Crippen LogP contribution in [0.25, 0.3) is 0 Å². The van der Waals surface area contributed by atoms with E-state index in [-0.39, 0.29) is 24.7 Å². The van der Waals surface area contributed by atoms with Crippen molar-refractivity contribution in [2.75, 3.05) is 19.7 Å². The van der Waals surface area contributed by atoms with Crippen LogP contribution in [0.2, 0.25) is 0 Å². The SMILES string of the molecule is CC(C)[C@]1(O)C(=O)OCC2=CCN3CC[C@@H](O[C@@H]1C)[C@@H]23. The van der Waals surface area contributed by atoms with Gasteiger partial charge in [-0.25, -0.2) is 4.79 Å². The van der Waals surface area contributed by atoms with Crippen LogP contribution in [0.5, 0.6) is 0 Å². The Balaban J connectivity index is 1.92. The van der Waals surface area contributed by atoms with Gasteiger partial charge in [-0.1, -0.05) is 19.9 Å². The summed E-state index contributed by atoms with van der Waals surface area (Å²) >= 11 is 0. The molecule has 0 radical (unpaired) electrons. The zero-order valence-electron chi connectivity index (χ0n) is 12.3. The lowest BCUT2D eigenvalue weighted by molar-refractivity contribution is -0.192. The molecule has 3 aliphatic heterocycles. The highest BCUT2D eigenvalue weighted by Crippen LogP contribution is 2.36. The minimum Gasteiger partial charge on any atom is -0.459 e. The number of carbonyl (C=O) groups is 1. The van der Waals surface area contributed by atoms with Gasteiger partial charge in [0.2, 0.25) is 0 Å². The van der Waals surface area contributed by atoms with Gasteiger partial charge in [0, 0.05) is 13.1 Å². The highest BCUT2D eigenvalue weighted by Gasteiger charge is 2.51. The van der Waals surface area contributed by atoms with Gasteiger partial charge < -0.3 is 14.6 Å². The number of esters is 1. The van der Waals surface area contributed by atoms with Gasteiger partial charge in [0.05, 0.1) is 18.2 Å². The summed E-state index contributed by atoms with van der Waals surface area (Å²) in [5, 5.41) is 10.8. The molecular formula is C15H23NO4. The average Bonchev–Trinajstić information content (AvgIpc) is 2.97. The maximum atomic E-state index is 12.3. The monoisotopic (exact) mass is 281 g/mol. The van der Waals surface area contributed by atoms with Crippen LogP contribution in [-0.4, -0.2) is 59.5 Å². The molecule has 0 unspecified atom stereocenters. The van der Waals surface area contributed by atoms with Crippen molar-refractivity contribution in [2.45, 2.75) is 51.0 Å². The largest absolute Gasteiger partial charge is 0.459 e. The number of ether oxygens (including phenoxy) is 2. The number of rotatable bonds is 1. The molecular weight excluding hydrogens is 258 g/mol. The zero-order chi connectivity index (χ0) is 14.5. The van der Waals surface area contributed by atoms with Crippen molar-refractivity contribution in [1.29, 1.82) is 0 Å². The first kappa shape index (κ1) is 14.0. The van der Waals surface area contributed by atoms with Crippen LogP contribution in [0, 0.1) is 5.92 Å². The van der Waals surface area contributed by atoms with E-state index in [0.29, 0.717) is 0 Å². The lowest BCUT2D eigenvalue weighted by atomic mass is 9.85. The molecule has 112 valence electrons. The van der Waals surface area contributed by atoms with Gasteiger partial charge in [0.25, 0.3) is 0 Å². The van der Waals surface area contributed by atoms with Gasteiger partial charge >= 0.3 is 5.97 Å². The first-order chi connectivity index (χ1) is 9.44. The molecule has 0 aromatic heterocycles. The fraction of sp³-hybridized carbons (Fsp3) is 0.800. The predicted molar refractivity (Wildman–Crippen MR) is 73.1 cm³/mol. The maximum Gasteiger partial charge on any atom is 0.341 e. The standard InChI is InChI=1S/C15H23NO4/c1-9(2)15(18)10(3)20-12-5-7-16-6-4-11(13(12)16)8-19-14(15)17/h4,9-10,12-13,18H,5-8H2,1-3H3/t10-,12-,13-,15-/m1/s1. The van der Waals surface area contributed by atoms with Gasteiger partial charge in [0.15, 0.2) is 5.60 Å². The molecule has 0 saturated carbocycles. The number of hydrogen-bond donors (Lipinski definition) is 1. The molecule has 3 rings (SSSR count). The van der Waals surface area contributed by atoms with Crippen LogP contribution in [0.4, 0.5) is 0 Å². The van der Waals surface area contributed by atoms with E-state index in [1.807, 2.05) is 13.8 Å². The summed E-state index contributed by atoms with van der Waals surface area (Å²) in [6.07, 6.45) is 2.53. The van der Waals surface area contributed by atoms with Crippen molar-refractivity contribution in [3.63, 3.8) is 0 Å². The van der Waals surface area contributed by atoms with E-state index in [9.17, 15) is 9.90 Å². The molecule has 2 saturated heterocycles. The third-order valence-corrected chi connectivity index (χ3v) is 4.99. The number of hydrogen-bond acceptors (Lipinski definition) is 5. The van der Waals surface area contributed by atoms with E-state index in [1.54, 1.807) is 6.92 Å². The molecule has 5 heteroatoms. The fourth-order valence-electron chi connectivity index (χ4n) is 3.65. The van der Waals surface area contributed by atoms with Crippen molar-refractivity contribution < 1.29 is 19.4 Å². The summed E-state index contributed by atoms with van der Waals surface area (Å²) < 4.78 is 11.5. The van der Waals surface area contributed by atoms with Crippen molar-refractivity contribution in [3.05, 3.63) is 11.6 Å². The highest BCUT2D eigenvalue weighted by atomic mass is 16.6. The average molecular weight is 281 g/mol. The molecule has 4 atom stereocenters. The minimum absolute atomic E-state index is 0.0403. The van der Waals surface area contributed by atoms with Gasteiger partial charge in [-0.2, -0.15) is 0 Å². The van der Waals surface area contributed by atoms with Crippen LogP contribution >= 0.6 is 0 Å². The van der Waals surface area contributed by atoms with Crippen LogP contribution in [0.15, 0.2) is 11.6 Å². The Hall–Kier alpha value is -0.910.